The van der Waals surface area contributed by atoms with Crippen LogP contribution < -0.4 is 5.32 Å². The maximum atomic E-state index is 11.7. The van der Waals surface area contributed by atoms with Gasteiger partial charge in [0, 0.05) is 23.8 Å². The van der Waals surface area contributed by atoms with Crippen LogP contribution in [0, 0.1) is 6.92 Å². The summed E-state index contributed by atoms with van der Waals surface area (Å²) in [6, 6.07) is 0. The fraction of sp³-hybridized carbons (Fsp3) is 0.500. The van der Waals surface area contributed by atoms with Gasteiger partial charge in [-0.05, 0) is 13.3 Å². The number of aromatic nitrogens is 2. The molecule has 0 aliphatic heterocycles. The number of carbonyl (C=O) groups is 1. The van der Waals surface area contributed by atoms with Crippen molar-refractivity contribution in [1.82, 2.24) is 14.7 Å². The van der Waals surface area contributed by atoms with E-state index < -0.39 is 6.10 Å². The quantitative estimate of drug-likeness (QED) is 0.853. The normalized spacial score (nSPS) is 12.8. The second-order valence-corrected chi connectivity index (χ2v) is 5.14. The van der Waals surface area contributed by atoms with E-state index in [2.05, 4.69) is 10.3 Å². The van der Waals surface area contributed by atoms with E-state index in [0.29, 0.717) is 19.4 Å². The summed E-state index contributed by atoms with van der Waals surface area (Å²) in [5, 5.41) is 14.0. The van der Waals surface area contributed by atoms with E-state index in [1.807, 2.05) is 29.8 Å². The van der Waals surface area contributed by atoms with Crippen LogP contribution in [0.1, 0.15) is 24.7 Å². The van der Waals surface area contributed by atoms with E-state index in [1.165, 1.54) is 11.3 Å². The Labute approximate surface area is 109 Å². The molecule has 2 rings (SSSR count). The van der Waals surface area contributed by atoms with Crippen LogP contribution in [0.25, 0.3) is 4.96 Å². The number of aliphatic hydroxyl groups is 1. The van der Waals surface area contributed by atoms with Gasteiger partial charge < -0.3 is 10.4 Å². The first kappa shape index (κ1) is 13.0. The Morgan fingerprint density at radius 3 is 3.17 bits per heavy atom. The number of rotatable bonds is 5. The highest BCUT2D eigenvalue weighted by molar-refractivity contribution is 7.15. The smallest absolute Gasteiger partial charge is 0.226 e. The van der Waals surface area contributed by atoms with Crippen molar-refractivity contribution in [3.05, 3.63) is 23.0 Å². The van der Waals surface area contributed by atoms with E-state index in [9.17, 15) is 9.90 Å². The van der Waals surface area contributed by atoms with Gasteiger partial charge >= 0.3 is 0 Å². The van der Waals surface area contributed by atoms with Gasteiger partial charge in [0.25, 0.3) is 0 Å². The number of carbonyl (C=O) groups excluding carboxylic acids is 1. The molecular formula is C12H17N3O2S. The van der Waals surface area contributed by atoms with E-state index in [1.54, 1.807) is 0 Å². The van der Waals surface area contributed by atoms with Crippen LogP contribution in [-0.2, 0) is 11.2 Å². The highest BCUT2D eigenvalue weighted by atomic mass is 32.1. The summed E-state index contributed by atoms with van der Waals surface area (Å²) in [7, 11) is 0. The van der Waals surface area contributed by atoms with E-state index >= 15 is 0 Å². The third-order valence-corrected chi connectivity index (χ3v) is 3.64. The molecule has 2 N–H and O–H groups in total. The predicted octanol–water partition coefficient (Wildman–Crippen LogP) is 1.13. The van der Waals surface area contributed by atoms with Crippen molar-refractivity contribution in [2.24, 2.45) is 0 Å². The van der Waals surface area contributed by atoms with Gasteiger partial charge in [0.1, 0.15) is 0 Å². The number of nitrogens with zero attached hydrogens (tertiary/aromatic N) is 2. The number of aliphatic hydroxyl groups excluding tert-OH is 1. The zero-order valence-corrected chi connectivity index (χ0v) is 11.3. The summed E-state index contributed by atoms with van der Waals surface area (Å²) in [6.45, 7) is 4.13. The van der Waals surface area contributed by atoms with E-state index in [0.717, 1.165) is 16.3 Å². The average molecular weight is 267 g/mol. The average Bonchev–Trinajstić information content (AvgIpc) is 2.87. The zero-order valence-electron chi connectivity index (χ0n) is 10.5. The largest absolute Gasteiger partial charge is 0.391 e. The lowest BCUT2D eigenvalue weighted by molar-refractivity contribution is -0.120. The summed E-state index contributed by atoms with van der Waals surface area (Å²) in [5.74, 6) is -0.0754. The minimum absolute atomic E-state index is 0.0754. The SMILES string of the molecule is CCC(O)CNC(=O)Cc1csc2nc(C)cn12. The van der Waals surface area contributed by atoms with E-state index in [-0.39, 0.29) is 5.91 Å². The first-order chi connectivity index (χ1) is 8.60. The van der Waals surface area contributed by atoms with Gasteiger partial charge in [-0.25, -0.2) is 4.98 Å². The number of hydrogen-bond acceptors (Lipinski definition) is 4. The molecule has 0 radical (unpaired) electrons. The molecule has 0 fully saturated rings. The molecule has 0 saturated heterocycles. The van der Waals surface area contributed by atoms with Crippen LogP contribution in [0.5, 0.6) is 0 Å². The summed E-state index contributed by atoms with van der Waals surface area (Å²) < 4.78 is 1.94. The van der Waals surface area contributed by atoms with Gasteiger partial charge in [-0.15, -0.1) is 11.3 Å². The Hall–Kier alpha value is -1.40. The van der Waals surface area contributed by atoms with Gasteiger partial charge in [0.2, 0.25) is 5.91 Å². The number of thiazole rings is 1. The predicted molar refractivity (Wildman–Crippen MR) is 70.8 cm³/mol. The minimum atomic E-state index is -0.466. The fourth-order valence-electron chi connectivity index (χ4n) is 1.67. The van der Waals surface area contributed by atoms with Crippen LogP contribution in [-0.4, -0.2) is 33.0 Å². The maximum Gasteiger partial charge on any atom is 0.226 e. The standard InChI is InChI=1S/C12H17N3O2S/c1-3-10(16)5-13-11(17)4-9-7-18-12-14-8(2)6-15(9)12/h6-7,10,16H,3-5H2,1-2H3,(H,13,17). The van der Waals surface area contributed by atoms with E-state index in [4.69, 9.17) is 0 Å². The highest BCUT2D eigenvalue weighted by Crippen LogP contribution is 2.16. The Morgan fingerprint density at radius 1 is 1.67 bits per heavy atom. The molecule has 98 valence electrons. The van der Waals surface area contributed by atoms with Crippen molar-refractivity contribution < 1.29 is 9.90 Å². The van der Waals surface area contributed by atoms with Crippen LogP contribution in [0.3, 0.4) is 0 Å². The van der Waals surface area contributed by atoms with Crippen LogP contribution in [0.4, 0.5) is 0 Å². The molecule has 0 aliphatic rings. The molecule has 0 spiro atoms. The van der Waals surface area contributed by atoms with Crippen LogP contribution in [0.2, 0.25) is 0 Å². The molecule has 18 heavy (non-hydrogen) atoms. The van der Waals surface area contributed by atoms with Crippen molar-refractivity contribution in [2.45, 2.75) is 32.8 Å². The molecular weight excluding hydrogens is 250 g/mol. The lowest BCUT2D eigenvalue weighted by Crippen LogP contribution is -2.32. The second kappa shape index (κ2) is 5.49. The van der Waals surface area contributed by atoms with Crippen molar-refractivity contribution in [3.63, 3.8) is 0 Å². The minimum Gasteiger partial charge on any atom is -0.391 e. The molecule has 0 aromatic carbocycles. The van der Waals surface area contributed by atoms with Gasteiger partial charge in [-0.1, -0.05) is 6.92 Å². The molecule has 0 saturated carbocycles. The number of aryl methyl sites for hydroxylation is 1. The lowest BCUT2D eigenvalue weighted by Gasteiger charge is -2.08. The summed E-state index contributed by atoms with van der Waals surface area (Å²) in [6.07, 6.45) is 2.41. The first-order valence-corrected chi connectivity index (χ1v) is 6.85. The molecule has 2 aromatic rings. The van der Waals surface area contributed by atoms with Crippen molar-refractivity contribution in [2.75, 3.05) is 6.54 Å². The Kier molecular flexibility index (Phi) is 3.98. The Morgan fingerprint density at radius 2 is 2.44 bits per heavy atom. The zero-order chi connectivity index (χ0) is 13.1. The van der Waals surface area contributed by atoms with Crippen molar-refractivity contribution in [3.8, 4) is 0 Å². The van der Waals surface area contributed by atoms with Crippen molar-refractivity contribution in [1.29, 1.82) is 0 Å². The topological polar surface area (TPSA) is 66.6 Å². The number of hydrogen-bond donors (Lipinski definition) is 2. The second-order valence-electron chi connectivity index (χ2n) is 4.30. The molecule has 5 nitrogen and oxygen atoms in total. The Balaban J connectivity index is 1.98. The molecule has 1 amide bonds. The fourth-order valence-corrected chi connectivity index (χ4v) is 2.59. The first-order valence-electron chi connectivity index (χ1n) is 5.97. The Bertz CT molecular complexity index is 547. The number of fused-ring (bicyclic) bond motifs is 1. The summed E-state index contributed by atoms with van der Waals surface area (Å²) in [4.78, 5) is 17.0. The monoisotopic (exact) mass is 267 g/mol. The van der Waals surface area contributed by atoms with Crippen LogP contribution in [0.15, 0.2) is 11.6 Å². The summed E-state index contributed by atoms with van der Waals surface area (Å²) >= 11 is 1.53. The molecule has 1 unspecified atom stereocenters. The maximum absolute atomic E-state index is 11.7. The van der Waals surface area contributed by atoms with Gasteiger partial charge in [-0.3, -0.25) is 9.20 Å². The van der Waals surface area contributed by atoms with Gasteiger partial charge in [0.05, 0.1) is 18.2 Å². The molecule has 6 heteroatoms. The molecule has 2 heterocycles. The van der Waals surface area contributed by atoms with Crippen LogP contribution >= 0.6 is 11.3 Å². The highest BCUT2D eigenvalue weighted by Gasteiger charge is 2.11. The number of amides is 1. The molecule has 0 bridgehead atoms. The van der Waals surface area contributed by atoms with Gasteiger partial charge in [0.15, 0.2) is 4.96 Å². The molecule has 1 atom stereocenters. The molecule has 2 aromatic heterocycles. The third kappa shape index (κ3) is 2.88. The third-order valence-electron chi connectivity index (χ3n) is 2.75. The van der Waals surface area contributed by atoms with Crippen molar-refractivity contribution >= 4 is 22.2 Å². The number of nitrogens with one attached hydrogen (secondary N) is 1. The summed E-state index contributed by atoms with van der Waals surface area (Å²) in [5.41, 5.74) is 1.88. The lowest BCUT2D eigenvalue weighted by atomic mass is 10.2. The number of imidazole rings is 1. The molecule has 0 aliphatic carbocycles. The van der Waals surface area contributed by atoms with Gasteiger partial charge in [-0.2, -0.15) is 0 Å².